The standard InChI is InChI=1S/C70H84O4S/c1-43-35-51(61(71)55(39-43)67(5)27-13-9-14-28-67)59(52-36-44(2)40-56(62(52)72)68(6)29-15-10-16-30-68)49-25-21-23-47-48-24-22-26-50(66(48)75-65(47)49)60(53-37-45(3)41-57(63(53)73)69(7)31-17-11-18-32-69)54-38-46(4)42-58(64(54)74)70(8)33-19-12-20-34-70/h21-26,35-42,59-60,71-74H,9-20,27-34H2,1-8H3. The van der Waals surface area contributed by atoms with Gasteiger partial charge in [-0.05, 0) is 112 Å². The molecule has 1 heterocycles. The van der Waals surface area contributed by atoms with Crippen LogP contribution in [-0.2, 0) is 21.7 Å². The van der Waals surface area contributed by atoms with Crippen LogP contribution >= 0.6 is 11.3 Å². The van der Waals surface area contributed by atoms with Gasteiger partial charge in [-0.25, -0.2) is 0 Å². The van der Waals surface area contributed by atoms with Crippen LogP contribution in [0.25, 0.3) is 20.2 Å². The SMILES string of the molecule is Cc1cc(C(c2cc(C)cc(C3(C)CCCCC3)c2O)c2cccc3c2sc2c(C(c4cc(C)cc(C5(C)CCCCC5)c4O)c4cc(C)cc(C5(C)CCCCC5)c4O)cccc23)c(O)c(C2(C)CCCCC2)c1. The summed E-state index contributed by atoms with van der Waals surface area (Å²) in [6, 6.07) is 31.1. The minimum Gasteiger partial charge on any atom is -0.507 e. The van der Waals surface area contributed by atoms with Gasteiger partial charge in [0.15, 0.2) is 0 Å². The number of phenolic OH excluding ortho intramolecular Hbond substituents is 4. The molecule has 5 heteroatoms. The van der Waals surface area contributed by atoms with Crippen LogP contribution in [-0.4, -0.2) is 20.4 Å². The number of phenols is 4. The Morgan fingerprint density at radius 1 is 0.333 bits per heavy atom. The Morgan fingerprint density at radius 3 is 0.813 bits per heavy atom. The molecule has 11 rings (SSSR count). The summed E-state index contributed by atoms with van der Waals surface area (Å²) in [4.78, 5) is 0. The molecule has 0 atom stereocenters. The van der Waals surface area contributed by atoms with Crippen LogP contribution in [0.5, 0.6) is 23.0 Å². The van der Waals surface area contributed by atoms with E-state index in [0.29, 0.717) is 23.0 Å². The third-order valence-electron chi connectivity index (χ3n) is 20.0. The Hall–Kier alpha value is -5.26. The number of hydrogen-bond donors (Lipinski definition) is 4. The zero-order valence-electron chi connectivity index (χ0n) is 46.6. The first-order chi connectivity index (χ1) is 35.9. The van der Waals surface area contributed by atoms with E-state index in [4.69, 9.17) is 0 Å². The molecule has 6 aromatic carbocycles. The van der Waals surface area contributed by atoms with Crippen LogP contribution in [0.1, 0.15) is 246 Å². The smallest absolute Gasteiger partial charge is 0.123 e. The Morgan fingerprint density at radius 2 is 0.573 bits per heavy atom. The van der Waals surface area contributed by atoms with E-state index < -0.39 is 11.8 Å². The fraction of sp³-hybridized carbons (Fsp3) is 0.486. The summed E-state index contributed by atoms with van der Waals surface area (Å²) in [7, 11) is 0. The molecule has 0 spiro atoms. The van der Waals surface area contributed by atoms with E-state index in [1.165, 1.54) is 25.7 Å². The second kappa shape index (κ2) is 20.0. The van der Waals surface area contributed by atoms with Crippen LogP contribution in [0.3, 0.4) is 0 Å². The molecule has 4 N–H and O–H groups in total. The maximum absolute atomic E-state index is 13.1. The molecule has 0 unspecified atom stereocenters. The van der Waals surface area contributed by atoms with E-state index in [9.17, 15) is 20.4 Å². The van der Waals surface area contributed by atoms with Crippen LogP contribution in [0.2, 0.25) is 0 Å². The highest BCUT2D eigenvalue weighted by Crippen LogP contribution is 2.57. The largest absolute Gasteiger partial charge is 0.507 e. The van der Waals surface area contributed by atoms with Crippen LogP contribution < -0.4 is 0 Å². The first-order valence-corrected chi connectivity index (χ1v) is 30.0. The molecule has 0 aliphatic heterocycles. The lowest BCUT2D eigenvalue weighted by atomic mass is 9.68. The number of hydrogen-bond acceptors (Lipinski definition) is 5. The normalized spacial score (nSPS) is 19.5. The van der Waals surface area contributed by atoms with Crippen molar-refractivity contribution in [1.82, 2.24) is 0 Å². The van der Waals surface area contributed by atoms with Gasteiger partial charge in [-0.1, -0.05) is 212 Å². The highest BCUT2D eigenvalue weighted by Gasteiger charge is 2.40. The zero-order valence-corrected chi connectivity index (χ0v) is 47.4. The quantitative estimate of drug-likeness (QED) is 0.103. The molecule has 4 aliphatic rings. The third-order valence-corrected chi connectivity index (χ3v) is 21.3. The van der Waals surface area contributed by atoms with E-state index in [-0.39, 0.29) is 21.7 Å². The van der Waals surface area contributed by atoms with Gasteiger partial charge >= 0.3 is 0 Å². The van der Waals surface area contributed by atoms with Crippen LogP contribution in [0.15, 0.2) is 84.9 Å². The fourth-order valence-electron chi connectivity index (χ4n) is 15.7. The number of aromatic hydroxyl groups is 4. The summed E-state index contributed by atoms with van der Waals surface area (Å²) in [6.07, 6.45) is 22.4. The second-order valence-corrected chi connectivity index (χ2v) is 26.9. The highest BCUT2D eigenvalue weighted by atomic mass is 32.1. The number of thiophene rings is 1. The molecular weight excluding hydrogens is 937 g/mol. The Kier molecular flexibility index (Phi) is 13.8. The molecule has 4 saturated carbocycles. The lowest BCUT2D eigenvalue weighted by Crippen LogP contribution is -2.26. The Bertz CT molecular complexity index is 2910. The van der Waals surface area contributed by atoms with Crippen molar-refractivity contribution in [3.8, 4) is 23.0 Å². The summed E-state index contributed by atoms with van der Waals surface area (Å²) in [5.41, 5.74) is 13.5. The van der Waals surface area contributed by atoms with Gasteiger partial charge in [-0.2, -0.15) is 0 Å². The lowest BCUT2D eigenvalue weighted by Gasteiger charge is -2.37. The van der Waals surface area contributed by atoms with Crippen molar-refractivity contribution in [3.63, 3.8) is 0 Å². The molecule has 394 valence electrons. The predicted molar refractivity (Wildman–Crippen MR) is 314 cm³/mol. The summed E-state index contributed by atoms with van der Waals surface area (Å²) in [5, 5.41) is 54.6. The third kappa shape index (κ3) is 9.17. The van der Waals surface area contributed by atoms with Gasteiger partial charge in [0, 0.05) is 76.5 Å². The topological polar surface area (TPSA) is 80.9 Å². The number of aryl methyl sites for hydroxylation is 4. The molecule has 4 aliphatic carbocycles. The molecule has 0 bridgehead atoms. The van der Waals surface area contributed by atoms with Crippen molar-refractivity contribution in [3.05, 3.63) is 163 Å². The zero-order chi connectivity index (χ0) is 52.6. The maximum Gasteiger partial charge on any atom is 0.123 e. The Balaban J connectivity index is 1.19. The van der Waals surface area contributed by atoms with E-state index in [2.05, 4.69) is 140 Å². The Labute approximate surface area is 452 Å². The van der Waals surface area contributed by atoms with Crippen LogP contribution in [0, 0.1) is 27.7 Å². The molecule has 0 radical (unpaired) electrons. The van der Waals surface area contributed by atoms with Crippen molar-refractivity contribution >= 4 is 31.5 Å². The van der Waals surface area contributed by atoms with Gasteiger partial charge in [0.2, 0.25) is 0 Å². The van der Waals surface area contributed by atoms with E-state index in [1.807, 2.05) is 0 Å². The average molecular weight is 1020 g/mol. The van der Waals surface area contributed by atoms with Crippen molar-refractivity contribution in [2.24, 2.45) is 0 Å². The number of fused-ring (bicyclic) bond motifs is 3. The maximum atomic E-state index is 13.1. The predicted octanol–water partition coefficient (Wildman–Crippen LogP) is 19.4. The number of rotatable bonds is 10. The lowest BCUT2D eigenvalue weighted by molar-refractivity contribution is 0.306. The van der Waals surface area contributed by atoms with E-state index in [1.54, 1.807) is 11.3 Å². The molecule has 4 nitrogen and oxygen atoms in total. The van der Waals surface area contributed by atoms with Gasteiger partial charge < -0.3 is 20.4 Å². The molecule has 0 amide bonds. The second-order valence-electron chi connectivity index (χ2n) is 25.9. The minimum absolute atomic E-state index is 0.151. The summed E-state index contributed by atoms with van der Waals surface area (Å²) in [5.74, 6) is 0.476. The van der Waals surface area contributed by atoms with Gasteiger partial charge in [0.05, 0.1) is 0 Å². The average Bonchev–Trinajstić information content (AvgIpc) is 3.79. The molecular formula is C70H84O4S. The molecule has 0 saturated heterocycles. The first kappa shape index (κ1) is 51.8. The summed E-state index contributed by atoms with van der Waals surface area (Å²) < 4.78 is 2.24. The monoisotopic (exact) mass is 1020 g/mol. The van der Waals surface area contributed by atoms with Crippen molar-refractivity contribution in [1.29, 1.82) is 0 Å². The highest BCUT2D eigenvalue weighted by molar-refractivity contribution is 7.26. The van der Waals surface area contributed by atoms with Gasteiger partial charge in [-0.3, -0.25) is 0 Å². The van der Waals surface area contributed by atoms with Crippen molar-refractivity contribution in [2.75, 3.05) is 0 Å². The summed E-state index contributed by atoms with van der Waals surface area (Å²) in [6.45, 7) is 18.1. The van der Waals surface area contributed by atoms with Crippen molar-refractivity contribution in [2.45, 2.75) is 217 Å². The van der Waals surface area contributed by atoms with Gasteiger partial charge in [0.25, 0.3) is 0 Å². The number of benzene rings is 6. The minimum atomic E-state index is -0.475. The molecule has 1 aromatic heterocycles. The van der Waals surface area contributed by atoms with E-state index >= 15 is 0 Å². The molecule has 75 heavy (non-hydrogen) atoms. The van der Waals surface area contributed by atoms with Crippen molar-refractivity contribution < 1.29 is 20.4 Å². The summed E-state index contributed by atoms with van der Waals surface area (Å²) >= 11 is 1.79. The van der Waals surface area contributed by atoms with E-state index in [0.717, 1.165) is 201 Å². The fourth-order valence-corrected chi connectivity index (χ4v) is 17.1. The van der Waals surface area contributed by atoms with Gasteiger partial charge in [-0.15, -0.1) is 11.3 Å². The molecule has 4 fully saturated rings. The first-order valence-electron chi connectivity index (χ1n) is 29.2. The molecule has 7 aromatic rings. The van der Waals surface area contributed by atoms with Crippen LogP contribution in [0.4, 0.5) is 0 Å². The van der Waals surface area contributed by atoms with Gasteiger partial charge in [0.1, 0.15) is 23.0 Å².